The van der Waals surface area contributed by atoms with E-state index in [1.165, 1.54) is 0 Å². The molecule has 1 saturated heterocycles. The summed E-state index contributed by atoms with van der Waals surface area (Å²) in [5.74, 6) is 0.995. The third-order valence-electron chi connectivity index (χ3n) is 4.29. The third kappa shape index (κ3) is 6.43. The van der Waals surface area contributed by atoms with Gasteiger partial charge in [-0.2, -0.15) is 4.98 Å². The van der Waals surface area contributed by atoms with Crippen LogP contribution in [0.25, 0.3) is 0 Å². The number of nitrogens with one attached hydrogen (secondary N) is 2. The molecule has 2 amide bonds. The molecule has 1 aliphatic heterocycles. The SMILES string of the molecule is Cc1noc(CCCC(=O)Nc2ccc(NC(=O)CN3CCOCC3)cc2)n1. The number of anilines is 2. The maximum atomic E-state index is 12.1. The van der Waals surface area contributed by atoms with Gasteiger partial charge in [-0.1, -0.05) is 5.16 Å². The van der Waals surface area contributed by atoms with E-state index in [9.17, 15) is 9.59 Å². The molecule has 1 fully saturated rings. The summed E-state index contributed by atoms with van der Waals surface area (Å²) in [7, 11) is 0. The van der Waals surface area contributed by atoms with Crippen LogP contribution >= 0.6 is 0 Å². The highest BCUT2D eigenvalue weighted by Crippen LogP contribution is 2.14. The monoisotopic (exact) mass is 387 g/mol. The second-order valence-corrected chi connectivity index (χ2v) is 6.65. The summed E-state index contributed by atoms with van der Waals surface area (Å²) >= 11 is 0. The molecule has 1 aromatic carbocycles. The van der Waals surface area contributed by atoms with Crippen LogP contribution in [0.1, 0.15) is 24.6 Å². The van der Waals surface area contributed by atoms with Crippen LogP contribution in [0.4, 0.5) is 11.4 Å². The molecule has 1 aromatic heterocycles. The van der Waals surface area contributed by atoms with Crippen molar-refractivity contribution in [3.8, 4) is 0 Å². The molecular formula is C19H25N5O4. The van der Waals surface area contributed by atoms with E-state index in [1.807, 2.05) is 0 Å². The van der Waals surface area contributed by atoms with Crippen LogP contribution < -0.4 is 10.6 Å². The molecule has 0 radical (unpaired) electrons. The minimum atomic E-state index is -0.0830. The molecule has 9 nitrogen and oxygen atoms in total. The largest absolute Gasteiger partial charge is 0.379 e. The number of rotatable bonds is 8. The number of amides is 2. The molecule has 3 rings (SSSR count). The van der Waals surface area contributed by atoms with E-state index in [0.717, 1.165) is 13.1 Å². The van der Waals surface area contributed by atoms with Crippen LogP contribution in [-0.2, 0) is 20.7 Å². The lowest BCUT2D eigenvalue weighted by molar-refractivity contribution is -0.118. The van der Waals surface area contributed by atoms with E-state index in [1.54, 1.807) is 31.2 Å². The summed E-state index contributed by atoms with van der Waals surface area (Å²) in [5, 5.41) is 9.42. The van der Waals surface area contributed by atoms with Crippen molar-refractivity contribution in [2.75, 3.05) is 43.5 Å². The molecule has 150 valence electrons. The van der Waals surface area contributed by atoms with Gasteiger partial charge in [0.2, 0.25) is 17.7 Å². The summed E-state index contributed by atoms with van der Waals surface area (Å²) in [5.41, 5.74) is 1.38. The molecule has 0 bridgehead atoms. The molecule has 2 heterocycles. The molecule has 0 atom stereocenters. The molecule has 1 aliphatic rings. The molecule has 0 unspecified atom stereocenters. The van der Waals surface area contributed by atoms with Crippen molar-refractivity contribution in [3.63, 3.8) is 0 Å². The highest BCUT2D eigenvalue weighted by molar-refractivity contribution is 5.93. The fourth-order valence-electron chi connectivity index (χ4n) is 2.87. The Kier molecular flexibility index (Phi) is 7.10. The highest BCUT2D eigenvalue weighted by Gasteiger charge is 2.14. The van der Waals surface area contributed by atoms with E-state index in [2.05, 4.69) is 25.7 Å². The number of ether oxygens (including phenoxy) is 1. The van der Waals surface area contributed by atoms with Gasteiger partial charge in [0.1, 0.15) is 0 Å². The number of carbonyl (C=O) groups is 2. The van der Waals surface area contributed by atoms with E-state index < -0.39 is 0 Å². The first-order valence-electron chi connectivity index (χ1n) is 9.37. The van der Waals surface area contributed by atoms with Crippen LogP contribution in [0.2, 0.25) is 0 Å². The number of morpholine rings is 1. The Morgan fingerprint density at radius 3 is 2.32 bits per heavy atom. The van der Waals surface area contributed by atoms with Crippen molar-refractivity contribution in [3.05, 3.63) is 36.0 Å². The van der Waals surface area contributed by atoms with Crippen molar-refractivity contribution in [1.82, 2.24) is 15.0 Å². The van der Waals surface area contributed by atoms with Gasteiger partial charge in [0.05, 0.1) is 19.8 Å². The molecular weight excluding hydrogens is 362 g/mol. The smallest absolute Gasteiger partial charge is 0.238 e. The normalized spacial score (nSPS) is 14.6. The molecule has 0 saturated carbocycles. The van der Waals surface area contributed by atoms with E-state index in [0.29, 0.717) is 62.1 Å². The van der Waals surface area contributed by atoms with Crippen molar-refractivity contribution < 1.29 is 18.8 Å². The number of hydrogen-bond acceptors (Lipinski definition) is 7. The average Bonchev–Trinajstić information content (AvgIpc) is 3.09. The predicted octanol–water partition coefficient (Wildman–Crippen LogP) is 1.61. The number of hydrogen-bond donors (Lipinski definition) is 2. The Labute approximate surface area is 163 Å². The number of benzene rings is 1. The quantitative estimate of drug-likeness (QED) is 0.708. The van der Waals surface area contributed by atoms with Gasteiger partial charge >= 0.3 is 0 Å². The van der Waals surface area contributed by atoms with Crippen LogP contribution in [-0.4, -0.2) is 59.7 Å². The fourth-order valence-corrected chi connectivity index (χ4v) is 2.87. The molecule has 0 aliphatic carbocycles. The first kappa shape index (κ1) is 20.0. The number of carbonyl (C=O) groups excluding carboxylic acids is 2. The zero-order valence-corrected chi connectivity index (χ0v) is 15.9. The van der Waals surface area contributed by atoms with Gasteiger partial charge in [-0.15, -0.1) is 0 Å². The summed E-state index contributed by atoms with van der Waals surface area (Å²) < 4.78 is 10.3. The number of nitrogens with zero attached hydrogens (tertiary/aromatic N) is 3. The maximum Gasteiger partial charge on any atom is 0.238 e. The van der Waals surface area contributed by atoms with Gasteiger partial charge in [0.15, 0.2) is 5.82 Å². The van der Waals surface area contributed by atoms with Gasteiger partial charge in [-0.3, -0.25) is 14.5 Å². The summed E-state index contributed by atoms with van der Waals surface area (Å²) in [4.78, 5) is 30.3. The number of aromatic nitrogens is 2. The molecule has 0 spiro atoms. The van der Waals surface area contributed by atoms with Gasteiger partial charge in [-0.25, -0.2) is 0 Å². The van der Waals surface area contributed by atoms with Crippen LogP contribution in [0.15, 0.2) is 28.8 Å². The fraction of sp³-hybridized carbons (Fsp3) is 0.474. The summed E-state index contributed by atoms with van der Waals surface area (Å²) in [6.45, 7) is 4.97. The second-order valence-electron chi connectivity index (χ2n) is 6.65. The van der Waals surface area contributed by atoms with Gasteiger partial charge in [0.25, 0.3) is 0 Å². The minimum absolute atomic E-state index is 0.0602. The van der Waals surface area contributed by atoms with E-state index in [-0.39, 0.29) is 11.8 Å². The first-order valence-corrected chi connectivity index (χ1v) is 9.37. The van der Waals surface area contributed by atoms with Crippen molar-refractivity contribution in [2.45, 2.75) is 26.2 Å². The Morgan fingerprint density at radius 2 is 1.71 bits per heavy atom. The summed E-state index contributed by atoms with van der Waals surface area (Å²) in [6, 6.07) is 7.08. The molecule has 2 N–H and O–H groups in total. The molecule has 28 heavy (non-hydrogen) atoms. The lowest BCUT2D eigenvalue weighted by atomic mass is 10.2. The second kappa shape index (κ2) is 9.95. The number of aryl methyl sites for hydroxylation is 2. The van der Waals surface area contributed by atoms with Crippen LogP contribution in [0.5, 0.6) is 0 Å². The molecule has 9 heteroatoms. The van der Waals surface area contributed by atoms with Crippen LogP contribution in [0.3, 0.4) is 0 Å². The Balaban J connectivity index is 1.38. The maximum absolute atomic E-state index is 12.1. The zero-order chi connectivity index (χ0) is 19.8. The third-order valence-corrected chi connectivity index (χ3v) is 4.29. The average molecular weight is 387 g/mol. The Hall–Kier alpha value is -2.78. The van der Waals surface area contributed by atoms with Crippen molar-refractivity contribution in [1.29, 1.82) is 0 Å². The predicted molar refractivity (Wildman–Crippen MR) is 103 cm³/mol. The van der Waals surface area contributed by atoms with Gasteiger partial charge < -0.3 is 19.9 Å². The Bertz CT molecular complexity index is 784. The Morgan fingerprint density at radius 1 is 1.07 bits per heavy atom. The minimum Gasteiger partial charge on any atom is -0.379 e. The summed E-state index contributed by atoms with van der Waals surface area (Å²) in [6.07, 6.45) is 1.56. The van der Waals surface area contributed by atoms with E-state index >= 15 is 0 Å². The van der Waals surface area contributed by atoms with Crippen LogP contribution in [0, 0.1) is 6.92 Å². The van der Waals surface area contributed by atoms with Gasteiger partial charge in [-0.05, 0) is 37.6 Å². The first-order chi connectivity index (χ1) is 13.6. The van der Waals surface area contributed by atoms with Crippen molar-refractivity contribution in [2.24, 2.45) is 0 Å². The molecule has 2 aromatic rings. The zero-order valence-electron chi connectivity index (χ0n) is 15.9. The lowest BCUT2D eigenvalue weighted by Crippen LogP contribution is -2.41. The lowest BCUT2D eigenvalue weighted by Gasteiger charge is -2.25. The standard InChI is InChI=1S/C19H25N5O4/c1-14-20-19(28-23-14)4-2-3-17(25)21-15-5-7-16(8-6-15)22-18(26)13-24-9-11-27-12-10-24/h5-8H,2-4,9-13H2,1H3,(H,21,25)(H,22,26). The highest BCUT2D eigenvalue weighted by atomic mass is 16.5. The van der Waals surface area contributed by atoms with Crippen molar-refractivity contribution >= 4 is 23.2 Å². The van der Waals surface area contributed by atoms with E-state index in [4.69, 9.17) is 9.26 Å². The van der Waals surface area contributed by atoms with Gasteiger partial charge in [0, 0.05) is 37.3 Å². The topological polar surface area (TPSA) is 110 Å².